The SMILES string of the molecule is CC(=O)C=C(C)O.Fc1ccc2ccc[c-]c2c1C1=NCCc2ccccc21.[Ir]. The molecule has 1 aliphatic heterocycles. The number of ketones is 1. The van der Waals surface area contributed by atoms with Crippen LogP contribution in [0.5, 0.6) is 0 Å². The fourth-order valence-corrected chi connectivity index (χ4v) is 3.25. The Balaban J connectivity index is 0.000000327. The number of aliphatic hydroxyl groups excluding tert-OH is 1. The van der Waals surface area contributed by atoms with E-state index in [0.717, 1.165) is 28.5 Å². The number of nitrogens with zero attached hydrogens (tertiary/aromatic N) is 1. The molecule has 4 rings (SSSR count). The van der Waals surface area contributed by atoms with E-state index in [4.69, 9.17) is 5.11 Å². The van der Waals surface area contributed by atoms with Gasteiger partial charge in [0.1, 0.15) is 0 Å². The molecule has 0 spiro atoms. The molecule has 0 saturated heterocycles. The third kappa shape index (κ3) is 5.47. The molecule has 0 unspecified atom stereocenters. The van der Waals surface area contributed by atoms with Gasteiger partial charge in [0.15, 0.2) is 5.78 Å². The van der Waals surface area contributed by atoms with Crippen molar-refractivity contribution in [2.75, 3.05) is 6.54 Å². The Morgan fingerprint density at radius 2 is 1.90 bits per heavy atom. The van der Waals surface area contributed by atoms with Gasteiger partial charge in [-0.2, -0.15) is 0 Å². The molecule has 3 aromatic rings. The molecule has 3 aromatic carbocycles. The van der Waals surface area contributed by atoms with Gasteiger partial charge in [-0.15, -0.1) is 35.0 Å². The first-order valence-corrected chi connectivity index (χ1v) is 9.07. The fraction of sp³-hybridized carbons (Fsp3) is 0.167. The smallest absolute Gasteiger partial charge is 0.155 e. The number of carbonyl (C=O) groups excluding carboxylic acids is 1. The Hall–Kier alpha value is -2.62. The molecule has 1 heterocycles. The molecule has 5 heteroatoms. The normalized spacial score (nSPS) is 12.8. The number of halogens is 1. The number of rotatable bonds is 2. The van der Waals surface area contributed by atoms with Crippen molar-refractivity contribution < 1.29 is 34.4 Å². The van der Waals surface area contributed by atoms with Crippen molar-refractivity contribution in [2.24, 2.45) is 4.99 Å². The van der Waals surface area contributed by atoms with Crippen LogP contribution < -0.4 is 0 Å². The molecule has 0 bridgehead atoms. The van der Waals surface area contributed by atoms with Crippen LogP contribution >= 0.6 is 0 Å². The molecular weight excluding hydrogens is 545 g/mol. The van der Waals surface area contributed by atoms with Crippen molar-refractivity contribution in [3.05, 3.63) is 95.0 Å². The number of hydrogen-bond donors (Lipinski definition) is 1. The number of aliphatic hydroxyl groups is 1. The Morgan fingerprint density at radius 1 is 1.14 bits per heavy atom. The zero-order valence-corrected chi connectivity index (χ0v) is 18.6. The minimum atomic E-state index is -0.236. The van der Waals surface area contributed by atoms with Crippen molar-refractivity contribution in [3.8, 4) is 0 Å². The molecule has 151 valence electrons. The number of carbonyl (C=O) groups is 1. The van der Waals surface area contributed by atoms with Crippen LogP contribution in [0.3, 0.4) is 0 Å². The quantitative estimate of drug-likeness (QED) is 0.263. The van der Waals surface area contributed by atoms with Gasteiger partial charge in [0.2, 0.25) is 0 Å². The van der Waals surface area contributed by atoms with E-state index in [2.05, 4.69) is 17.1 Å². The summed E-state index contributed by atoms with van der Waals surface area (Å²) in [6.07, 6.45) is 2.08. The zero-order chi connectivity index (χ0) is 20.1. The van der Waals surface area contributed by atoms with E-state index in [9.17, 15) is 9.18 Å². The molecule has 1 N–H and O–H groups in total. The van der Waals surface area contributed by atoms with E-state index in [-0.39, 0.29) is 37.5 Å². The Labute approximate surface area is 183 Å². The third-order valence-electron chi connectivity index (χ3n) is 4.36. The number of hydrogen-bond acceptors (Lipinski definition) is 3. The van der Waals surface area contributed by atoms with Crippen molar-refractivity contribution in [2.45, 2.75) is 20.3 Å². The van der Waals surface area contributed by atoms with Crippen LogP contribution in [0.15, 0.2) is 71.4 Å². The van der Waals surface area contributed by atoms with Crippen LogP contribution in [0.25, 0.3) is 10.8 Å². The van der Waals surface area contributed by atoms with Gasteiger partial charge >= 0.3 is 0 Å². The van der Waals surface area contributed by atoms with Crippen LogP contribution in [-0.2, 0) is 31.3 Å². The maximum Gasteiger partial charge on any atom is 0.155 e. The largest absolute Gasteiger partial charge is 0.512 e. The van der Waals surface area contributed by atoms with Crippen molar-refractivity contribution >= 4 is 22.3 Å². The number of fused-ring (bicyclic) bond motifs is 2. The first kappa shape index (κ1) is 22.7. The molecule has 1 radical (unpaired) electrons. The molecule has 0 atom stereocenters. The average Bonchev–Trinajstić information content (AvgIpc) is 2.67. The monoisotopic (exact) mass is 567 g/mol. The predicted molar refractivity (Wildman–Crippen MR) is 110 cm³/mol. The summed E-state index contributed by atoms with van der Waals surface area (Å²) in [7, 11) is 0. The van der Waals surface area contributed by atoms with E-state index in [1.807, 2.05) is 36.4 Å². The second-order valence-corrected chi connectivity index (χ2v) is 6.59. The third-order valence-corrected chi connectivity index (χ3v) is 4.36. The minimum Gasteiger partial charge on any atom is -0.512 e. The molecule has 0 aromatic heterocycles. The summed E-state index contributed by atoms with van der Waals surface area (Å²) in [6, 6.07) is 20.3. The molecule has 3 nitrogen and oxygen atoms in total. The van der Waals surface area contributed by atoms with Gasteiger partial charge in [0.05, 0.1) is 11.6 Å². The van der Waals surface area contributed by atoms with E-state index in [0.29, 0.717) is 12.1 Å². The van der Waals surface area contributed by atoms with Gasteiger partial charge in [-0.1, -0.05) is 30.3 Å². The summed E-state index contributed by atoms with van der Waals surface area (Å²) in [5.74, 6) is -0.298. The number of benzene rings is 3. The molecular formula is C24H21FIrNO2-. The Kier molecular flexibility index (Phi) is 8.00. The summed E-state index contributed by atoms with van der Waals surface area (Å²) >= 11 is 0. The summed E-state index contributed by atoms with van der Waals surface area (Å²) in [5, 5.41) is 10.1. The van der Waals surface area contributed by atoms with Crippen molar-refractivity contribution in [1.82, 2.24) is 0 Å². The van der Waals surface area contributed by atoms with Crippen LogP contribution in [0.4, 0.5) is 4.39 Å². The maximum absolute atomic E-state index is 14.5. The fourth-order valence-electron chi connectivity index (χ4n) is 3.25. The molecule has 0 amide bonds. The average molecular weight is 567 g/mol. The first-order valence-electron chi connectivity index (χ1n) is 9.07. The molecule has 29 heavy (non-hydrogen) atoms. The van der Waals surface area contributed by atoms with Crippen molar-refractivity contribution in [3.63, 3.8) is 0 Å². The first-order chi connectivity index (χ1) is 13.5. The van der Waals surface area contributed by atoms with Crippen LogP contribution in [0, 0.1) is 11.9 Å². The topological polar surface area (TPSA) is 49.7 Å². The standard InChI is InChI=1S/C19H13FN.C5H8O2.Ir/c20-17-10-9-13-5-1-3-7-15(13)18(17)19-16-8-4-2-6-14(16)11-12-21-19;1-4(6)3-5(2)7;/h1-6,8-10H,11-12H2;3,6H,1-2H3;/q-1;;. The summed E-state index contributed by atoms with van der Waals surface area (Å²) < 4.78 is 14.5. The van der Waals surface area contributed by atoms with Gasteiger partial charge in [0.25, 0.3) is 0 Å². The van der Waals surface area contributed by atoms with E-state index in [1.54, 1.807) is 6.07 Å². The maximum atomic E-state index is 14.5. The predicted octanol–water partition coefficient (Wildman–Crippen LogP) is 5.21. The number of allylic oxidation sites excluding steroid dienone is 2. The van der Waals surface area contributed by atoms with Gasteiger partial charge in [-0.25, -0.2) is 4.39 Å². The Morgan fingerprint density at radius 3 is 2.59 bits per heavy atom. The van der Waals surface area contributed by atoms with Gasteiger partial charge < -0.3 is 5.11 Å². The van der Waals surface area contributed by atoms with E-state index >= 15 is 0 Å². The summed E-state index contributed by atoms with van der Waals surface area (Å²) in [5.41, 5.74) is 3.59. The van der Waals surface area contributed by atoms with Crippen LogP contribution in [-0.4, -0.2) is 23.1 Å². The second kappa shape index (κ2) is 10.2. The van der Waals surface area contributed by atoms with Crippen molar-refractivity contribution in [1.29, 1.82) is 0 Å². The second-order valence-electron chi connectivity index (χ2n) is 6.59. The van der Waals surface area contributed by atoms with Gasteiger partial charge in [0, 0.05) is 38.4 Å². The molecule has 0 aliphatic carbocycles. The number of aliphatic imine (C=N–C) groups is 1. The summed E-state index contributed by atoms with van der Waals surface area (Å²) in [4.78, 5) is 14.6. The molecule has 0 saturated carbocycles. The van der Waals surface area contributed by atoms with Gasteiger partial charge in [-0.3, -0.25) is 9.79 Å². The van der Waals surface area contributed by atoms with Crippen LogP contribution in [0.2, 0.25) is 0 Å². The van der Waals surface area contributed by atoms with Gasteiger partial charge in [-0.05, 0) is 43.0 Å². The minimum absolute atomic E-state index is 0. The summed E-state index contributed by atoms with van der Waals surface area (Å²) in [6.45, 7) is 3.55. The van der Waals surface area contributed by atoms with E-state index < -0.39 is 0 Å². The zero-order valence-electron chi connectivity index (χ0n) is 16.2. The Bertz CT molecular complexity index is 1090. The van der Waals surface area contributed by atoms with E-state index in [1.165, 1.54) is 31.6 Å². The van der Waals surface area contributed by atoms with Crippen LogP contribution in [0.1, 0.15) is 30.5 Å². The molecule has 0 fully saturated rings. The molecule has 1 aliphatic rings.